The highest BCUT2D eigenvalue weighted by atomic mass is 16.4. The number of carbonyl (C=O) groups is 1. The Morgan fingerprint density at radius 2 is 1.61 bits per heavy atom. The normalized spacial score (nSPS) is 17.3. The van der Waals surface area contributed by atoms with Gasteiger partial charge >= 0.3 is 5.97 Å². The molecule has 1 unspecified atom stereocenters. The molecule has 11 nitrogen and oxygen atoms in total. The molecule has 0 bridgehead atoms. The summed E-state index contributed by atoms with van der Waals surface area (Å²) in [7, 11) is 0. The van der Waals surface area contributed by atoms with Gasteiger partial charge < -0.3 is 46.5 Å². The van der Waals surface area contributed by atoms with E-state index in [2.05, 4.69) is 9.97 Å². The zero-order valence-electron chi connectivity index (χ0n) is 12.2. The Kier molecular flexibility index (Phi) is 10.2. The molecule has 1 aromatic heterocycles. The van der Waals surface area contributed by atoms with Crippen molar-refractivity contribution in [1.29, 1.82) is 0 Å². The van der Waals surface area contributed by atoms with Gasteiger partial charge in [0.05, 0.1) is 19.5 Å². The van der Waals surface area contributed by atoms with E-state index in [0.717, 1.165) is 5.69 Å². The topological polar surface area (TPSA) is 213 Å². The number of nitrogens with zero attached hydrogens (tertiary/aromatic N) is 1. The van der Waals surface area contributed by atoms with E-state index in [1.165, 1.54) is 6.33 Å². The molecule has 0 saturated heterocycles. The van der Waals surface area contributed by atoms with Gasteiger partial charge in [-0.25, -0.2) is 4.98 Å². The summed E-state index contributed by atoms with van der Waals surface area (Å²) in [5.41, 5.74) is 6.00. The average Bonchev–Trinajstić information content (AvgIpc) is 3.05. The van der Waals surface area contributed by atoms with E-state index in [0.29, 0.717) is 0 Å². The number of aromatic amines is 1. The van der Waals surface area contributed by atoms with E-state index < -0.39 is 49.6 Å². The highest BCUT2D eigenvalue weighted by Crippen LogP contribution is 2.04. The van der Waals surface area contributed by atoms with Gasteiger partial charge in [0.15, 0.2) is 0 Å². The molecule has 11 heteroatoms. The molecule has 0 aromatic carbocycles. The number of hydrogen-bond acceptors (Lipinski definition) is 9. The summed E-state index contributed by atoms with van der Waals surface area (Å²) < 4.78 is 0. The van der Waals surface area contributed by atoms with Crippen molar-refractivity contribution in [3.05, 3.63) is 18.2 Å². The van der Waals surface area contributed by atoms with E-state index in [9.17, 15) is 4.79 Å². The number of nitrogens with two attached hydrogens (primary N) is 1. The zero-order chi connectivity index (χ0) is 18.0. The van der Waals surface area contributed by atoms with Gasteiger partial charge in [-0.2, -0.15) is 0 Å². The number of aromatic nitrogens is 2. The third-order valence-corrected chi connectivity index (χ3v) is 2.82. The van der Waals surface area contributed by atoms with Crippen LogP contribution in [-0.2, 0) is 11.2 Å². The maximum absolute atomic E-state index is 10.3. The molecule has 1 rings (SSSR count). The number of carboxylic acids is 1. The van der Waals surface area contributed by atoms with Crippen LogP contribution in [0.2, 0.25) is 0 Å². The van der Waals surface area contributed by atoms with Crippen molar-refractivity contribution in [2.24, 2.45) is 5.73 Å². The Bertz CT molecular complexity index is 416. The van der Waals surface area contributed by atoms with Crippen molar-refractivity contribution in [3.8, 4) is 0 Å². The van der Waals surface area contributed by atoms with Crippen LogP contribution in [0.15, 0.2) is 12.5 Å². The van der Waals surface area contributed by atoms with E-state index in [1.54, 1.807) is 6.20 Å². The van der Waals surface area contributed by atoms with Gasteiger partial charge in [0.25, 0.3) is 0 Å². The highest BCUT2D eigenvalue weighted by Gasteiger charge is 2.29. The Labute approximate surface area is 131 Å². The molecule has 1 aromatic rings. The van der Waals surface area contributed by atoms with Gasteiger partial charge in [-0.05, 0) is 0 Å². The van der Waals surface area contributed by atoms with Crippen LogP contribution in [0.3, 0.4) is 0 Å². The first-order chi connectivity index (χ1) is 10.7. The number of aliphatic hydroxyl groups is 6. The number of imidazole rings is 1. The minimum Gasteiger partial charge on any atom is -0.480 e. The lowest BCUT2D eigenvalue weighted by atomic mass is 10.0. The minimum absolute atomic E-state index is 0.287. The van der Waals surface area contributed by atoms with E-state index in [4.69, 9.17) is 41.5 Å². The summed E-state index contributed by atoms with van der Waals surface area (Å²) in [6.07, 6.45) is -3.06. The van der Waals surface area contributed by atoms with Crippen LogP contribution in [0, 0.1) is 0 Å². The molecule has 0 radical (unpaired) electrons. The molecular formula is C12H23N3O8. The third kappa shape index (κ3) is 7.99. The van der Waals surface area contributed by atoms with Gasteiger partial charge in [-0.15, -0.1) is 0 Å². The lowest BCUT2D eigenvalue weighted by molar-refractivity contribution is -0.138. The first-order valence-electron chi connectivity index (χ1n) is 6.64. The molecule has 0 aliphatic carbocycles. The molecule has 0 spiro atoms. The summed E-state index contributed by atoms with van der Waals surface area (Å²) in [6, 6.07) is -0.851. The smallest absolute Gasteiger partial charge is 0.320 e. The van der Waals surface area contributed by atoms with Gasteiger partial charge in [0, 0.05) is 18.3 Å². The molecule has 23 heavy (non-hydrogen) atoms. The Morgan fingerprint density at radius 3 is 1.91 bits per heavy atom. The molecule has 0 aliphatic rings. The Morgan fingerprint density at radius 1 is 1.13 bits per heavy atom. The Balaban J connectivity index is 0.000000422. The fraction of sp³-hybridized carbons (Fsp3) is 0.667. The number of aliphatic hydroxyl groups excluding tert-OH is 6. The van der Waals surface area contributed by atoms with Crippen molar-refractivity contribution >= 4 is 5.97 Å². The SMILES string of the molecule is NC(Cc1cnc[nH]1)C(=O)O.OC[C@@H](O)[C@@H](O)[C@H](O)[C@H](O)CO. The van der Waals surface area contributed by atoms with Crippen LogP contribution in [0.1, 0.15) is 5.69 Å². The number of rotatable bonds is 8. The molecule has 0 amide bonds. The molecule has 134 valence electrons. The number of carboxylic acid groups (broad SMARTS) is 1. The molecule has 0 saturated carbocycles. The fourth-order valence-corrected chi connectivity index (χ4v) is 1.39. The van der Waals surface area contributed by atoms with Gasteiger partial charge in [0.1, 0.15) is 30.5 Å². The first kappa shape index (κ1) is 21.4. The van der Waals surface area contributed by atoms with Crippen molar-refractivity contribution in [1.82, 2.24) is 9.97 Å². The van der Waals surface area contributed by atoms with Crippen molar-refractivity contribution in [2.75, 3.05) is 13.2 Å². The largest absolute Gasteiger partial charge is 0.480 e. The maximum atomic E-state index is 10.3. The summed E-state index contributed by atoms with van der Waals surface area (Å²) >= 11 is 0. The van der Waals surface area contributed by atoms with Crippen molar-refractivity contribution in [3.63, 3.8) is 0 Å². The fourth-order valence-electron chi connectivity index (χ4n) is 1.39. The summed E-state index contributed by atoms with van der Waals surface area (Å²) in [6.45, 7) is -1.45. The molecule has 10 N–H and O–H groups in total. The quantitative estimate of drug-likeness (QED) is 0.223. The van der Waals surface area contributed by atoms with Gasteiger partial charge in [-0.1, -0.05) is 0 Å². The predicted octanol–water partition coefficient (Wildman–Crippen LogP) is -4.22. The van der Waals surface area contributed by atoms with Crippen LogP contribution < -0.4 is 5.73 Å². The molecular weight excluding hydrogens is 314 g/mol. The average molecular weight is 337 g/mol. The summed E-state index contributed by atoms with van der Waals surface area (Å²) in [5.74, 6) is -1.00. The standard InChI is InChI=1S/C6H9N3O2.C6H14O6/c7-5(6(10)11)1-4-2-8-3-9-4;7-1-3(9)5(11)6(12)4(10)2-8/h2-3,5H,1,7H2,(H,8,9)(H,10,11);3-12H,1-2H2/t;3-,4-,5-,6-/m.1/s1. The second-order valence-electron chi connectivity index (χ2n) is 4.71. The van der Waals surface area contributed by atoms with Crippen LogP contribution in [0.4, 0.5) is 0 Å². The van der Waals surface area contributed by atoms with Crippen LogP contribution >= 0.6 is 0 Å². The maximum Gasteiger partial charge on any atom is 0.320 e. The molecule has 0 aliphatic heterocycles. The number of H-pyrrole nitrogens is 1. The molecule has 1 heterocycles. The lowest BCUT2D eigenvalue weighted by Gasteiger charge is -2.24. The predicted molar refractivity (Wildman–Crippen MR) is 76.1 cm³/mol. The minimum atomic E-state index is -1.67. The van der Waals surface area contributed by atoms with Crippen LogP contribution in [0.5, 0.6) is 0 Å². The van der Waals surface area contributed by atoms with E-state index in [-0.39, 0.29) is 6.42 Å². The van der Waals surface area contributed by atoms with Gasteiger partial charge in [0.2, 0.25) is 0 Å². The second kappa shape index (κ2) is 11.0. The van der Waals surface area contributed by atoms with Crippen LogP contribution in [0.25, 0.3) is 0 Å². The molecule has 5 atom stereocenters. The molecule has 0 fully saturated rings. The van der Waals surface area contributed by atoms with Crippen molar-refractivity contribution < 1.29 is 40.5 Å². The lowest BCUT2D eigenvalue weighted by Crippen LogP contribution is -2.46. The first-order valence-corrected chi connectivity index (χ1v) is 6.64. The zero-order valence-corrected chi connectivity index (χ0v) is 12.2. The van der Waals surface area contributed by atoms with Crippen molar-refractivity contribution in [2.45, 2.75) is 36.9 Å². The second-order valence-corrected chi connectivity index (χ2v) is 4.71. The number of hydrogen-bond donors (Lipinski definition) is 9. The summed E-state index contributed by atoms with van der Waals surface area (Å²) in [4.78, 5) is 16.8. The highest BCUT2D eigenvalue weighted by molar-refractivity contribution is 5.73. The number of aliphatic carboxylic acids is 1. The monoisotopic (exact) mass is 337 g/mol. The van der Waals surface area contributed by atoms with E-state index in [1.807, 2.05) is 0 Å². The van der Waals surface area contributed by atoms with Gasteiger partial charge in [-0.3, -0.25) is 4.79 Å². The van der Waals surface area contributed by atoms with E-state index >= 15 is 0 Å². The third-order valence-electron chi connectivity index (χ3n) is 2.82. The summed E-state index contributed by atoms with van der Waals surface area (Å²) in [5, 5.41) is 60.6. The van der Waals surface area contributed by atoms with Crippen LogP contribution in [-0.4, -0.2) is 95.4 Å². The number of nitrogens with one attached hydrogen (secondary N) is 1. The Hall–Kier alpha value is -1.60.